The molecule has 0 bridgehead atoms. The van der Waals surface area contributed by atoms with Crippen LogP contribution < -0.4 is 10.1 Å². The Morgan fingerprint density at radius 1 is 1.44 bits per heavy atom. The molecule has 0 spiro atoms. The van der Waals surface area contributed by atoms with Crippen LogP contribution in [-0.4, -0.2) is 13.0 Å². The number of hydrogen-bond acceptors (Lipinski definition) is 2. The van der Waals surface area contributed by atoms with Crippen molar-refractivity contribution in [1.82, 2.24) is 5.32 Å². The molecular formula is C15H21NO2. The summed E-state index contributed by atoms with van der Waals surface area (Å²) in [7, 11) is 1.66. The third-order valence-corrected chi connectivity index (χ3v) is 3.68. The number of benzene rings is 1. The second kappa shape index (κ2) is 5.89. The Bertz CT molecular complexity index is 425. The molecule has 1 aliphatic carbocycles. The number of carbonyl (C=O) groups excluding carboxylic acids is 1. The highest BCUT2D eigenvalue weighted by Gasteiger charge is 2.24. The molecule has 1 aliphatic rings. The van der Waals surface area contributed by atoms with Crippen molar-refractivity contribution in [2.24, 2.45) is 5.92 Å². The number of amides is 1. The van der Waals surface area contributed by atoms with Crippen LogP contribution in [-0.2, 0) is 17.8 Å². The fourth-order valence-electron chi connectivity index (χ4n) is 2.19. The second-order valence-corrected chi connectivity index (χ2v) is 4.85. The average molecular weight is 247 g/mol. The molecule has 0 aromatic heterocycles. The van der Waals surface area contributed by atoms with Crippen molar-refractivity contribution in [2.75, 3.05) is 7.11 Å². The Balaban J connectivity index is 2.00. The zero-order chi connectivity index (χ0) is 13.0. The van der Waals surface area contributed by atoms with Crippen LogP contribution in [0.2, 0.25) is 0 Å². The van der Waals surface area contributed by atoms with Gasteiger partial charge in [-0.05, 0) is 30.9 Å². The second-order valence-electron chi connectivity index (χ2n) is 4.85. The van der Waals surface area contributed by atoms with Gasteiger partial charge in [0.1, 0.15) is 5.75 Å². The van der Waals surface area contributed by atoms with Crippen molar-refractivity contribution in [2.45, 2.75) is 39.2 Å². The van der Waals surface area contributed by atoms with Gasteiger partial charge in [0.15, 0.2) is 0 Å². The molecular weight excluding hydrogens is 226 g/mol. The molecule has 1 aromatic carbocycles. The number of ether oxygens (including phenoxy) is 1. The van der Waals surface area contributed by atoms with Crippen LogP contribution in [0, 0.1) is 5.92 Å². The van der Waals surface area contributed by atoms with E-state index in [1.807, 2.05) is 6.07 Å². The molecule has 0 radical (unpaired) electrons. The van der Waals surface area contributed by atoms with E-state index in [1.54, 1.807) is 7.11 Å². The number of hydrogen-bond donors (Lipinski definition) is 1. The van der Waals surface area contributed by atoms with Crippen LogP contribution in [0.1, 0.15) is 37.3 Å². The number of methoxy groups -OCH3 is 1. The van der Waals surface area contributed by atoms with E-state index in [0.29, 0.717) is 6.54 Å². The first kappa shape index (κ1) is 12.9. The normalized spacial score (nSPS) is 15.0. The molecule has 98 valence electrons. The molecule has 1 amide bonds. The van der Waals surface area contributed by atoms with E-state index >= 15 is 0 Å². The number of nitrogens with one attached hydrogen (secondary N) is 1. The van der Waals surface area contributed by atoms with Gasteiger partial charge in [0.25, 0.3) is 0 Å². The molecule has 0 aliphatic heterocycles. The van der Waals surface area contributed by atoms with E-state index in [0.717, 1.165) is 30.6 Å². The van der Waals surface area contributed by atoms with E-state index in [9.17, 15) is 4.79 Å². The highest BCUT2D eigenvalue weighted by Crippen LogP contribution is 2.26. The van der Waals surface area contributed by atoms with Crippen LogP contribution >= 0.6 is 0 Å². The summed E-state index contributed by atoms with van der Waals surface area (Å²) in [6, 6.07) is 6.15. The molecule has 1 aromatic rings. The van der Waals surface area contributed by atoms with Gasteiger partial charge in [-0.1, -0.05) is 25.5 Å². The van der Waals surface area contributed by atoms with E-state index in [2.05, 4.69) is 24.4 Å². The fraction of sp³-hybridized carbons (Fsp3) is 0.533. The number of rotatable bonds is 5. The predicted octanol–water partition coefficient (Wildman–Crippen LogP) is 2.67. The first-order valence-electron chi connectivity index (χ1n) is 6.68. The summed E-state index contributed by atoms with van der Waals surface area (Å²) in [6.07, 6.45) is 4.26. The minimum atomic E-state index is 0.185. The quantitative estimate of drug-likeness (QED) is 0.868. The smallest absolute Gasteiger partial charge is 0.223 e. The zero-order valence-electron chi connectivity index (χ0n) is 11.2. The summed E-state index contributed by atoms with van der Waals surface area (Å²) >= 11 is 0. The van der Waals surface area contributed by atoms with Gasteiger partial charge in [-0.25, -0.2) is 0 Å². The summed E-state index contributed by atoms with van der Waals surface area (Å²) in [5.74, 6) is 1.27. The van der Waals surface area contributed by atoms with Crippen molar-refractivity contribution in [3.05, 3.63) is 29.3 Å². The van der Waals surface area contributed by atoms with Crippen LogP contribution in [0.3, 0.4) is 0 Å². The minimum Gasteiger partial charge on any atom is -0.496 e. The van der Waals surface area contributed by atoms with Gasteiger partial charge in [-0.3, -0.25) is 4.79 Å². The largest absolute Gasteiger partial charge is 0.496 e. The third-order valence-electron chi connectivity index (χ3n) is 3.68. The van der Waals surface area contributed by atoms with Crippen LogP contribution in [0.5, 0.6) is 5.75 Å². The highest BCUT2D eigenvalue weighted by atomic mass is 16.5. The lowest BCUT2D eigenvalue weighted by molar-refractivity contribution is -0.127. The first-order valence-corrected chi connectivity index (χ1v) is 6.68. The maximum absolute atomic E-state index is 11.8. The van der Waals surface area contributed by atoms with Gasteiger partial charge < -0.3 is 10.1 Å². The topological polar surface area (TPSA) is 38.3 Å². The lowest BCUT2D eigenvalue weighted by atomic mass is 9.85. The molecule has 3 nitrogen and oxygen atoms in total. The van der Waals surface area contributed by atoms with E-state index in [4.69, 9.17) is 4.74 Å². The van der Waals surface area contributed by atoms with E-state index < -0.39 is 0 Å². The van der Waals surface area contributed by atoms with Crippen LogP contribution in [0.25, 0.3) is 0 Å². The maximum Gasteiger partial charge on any atom is 0.223 e. The van der Waals surface area contributed by atoms with Crippen molar-refractivity contribution < 1.29 is 9.53 Å². The number of aryl methyl sites for hydroxylation is 1. The first-order chi connectivity index (χ1) is 8.74. The predicted molar refractivity (Wildman–Crippen MR) is 71.6 cm³/mol. The zero-order valence-corrected chi connectivity index (χ0v) is 11.2. The molecule has 1 saturated carbocycles. The third kappa shape index (κ3) is 2.84. The van der Waals surface area contributed by atoms with E-state index in [-0.39, 0.29) is 11.8 Å². The van der Waals surface area contributed by atoms with Gasteiger partial charge in [0, 0.05) is 18.0 Å². The Morgan fingerprint density at radius 2 is 2.22 bits per heavy atom. The van der Waals surface area contributed by atoms with Crippen LogP contribution in [0.15, 0.2) is 18.2 Å². The molecule has 3 heteroatoms. The van der Waals surface area contributed by atoms with Crippen molar-refractivity contribution in [3.63, 3.8) is 0 Å². The van der Waals surface area contributed by atoms with Crippen LogP contribution in [0.4, 0.5) is 0 Å². The average Bonchev–Trinajstić information content (AvgIpc) is 2.33. The molecule has 0 unspecified atom stereocenters. The Labute approximate surface area is 109 Å². The lowest BCUT2D eigenvalue weighted by Crippen LogP contribution is -2.34. The molecule has 0 saturated heterocycles. The van der Waals surface area contributed by atoms with Crippen molar-refractivity contribution in [3.8, 4) is 5.75 Å². The summed E-state index contributed by atoms with van der Waals surface area (Å²) in [6.45, 7) is 2.69. The monoisotopic (exact) mass is 247 g/mol. The lowest BCUT2D eigenvalue weighted by Gasteiger charge is -2.24. The Kier molecular flexibility index (Phi) is 4.24. The SMILES string of the molecule is CCc1ccc(OC)c(CNC(=O)C2CCC2)c1. The highest BCUT2D eigenvalue weighted by molar-refractivity contribution is 5.79. The Hall–Kier alpha value is -1.51. The van der Waals surface area contributed by atoms with Crippen molar-refractivity contribution in [1.29, 1.82) is 0 Å². The van der Waals surface area contributed by atoms with E-state index in [1.165, 1.54) is 12.0 Å². The summed E-state index contributed by atoms with van der Waals surface area (Å²) in [5, 5.41) is 3.01. The molecule has 0 atom stereocenters. The molecule has 2 rings (SSSR count). The molecule has 1 fully saturated rings. The summed E-state index contributed by atoms with van der Waals surface area (Å²) in [5.41, 5.74) is 2.33. The molecule has 1 N–H and O–H groups in total. The number of carbonyl (C=O) groups is 1. The summed E-state index contributed by atoms with van der Waals surface area (Å²) in [4.78, 5) is 11.8. The maximum atomic E-state index is 11.8. The molecule has 0 heterocycles. The minimum absolute atomic E-state index is 0.185. The Morgan fingerprint density at radius 3 is 2.78 bits per heavy atom. The van der Waals surface area contributed by atoms with Gasteiger partial charge in [0.05, 0.1) is 7.11 Å². The van der Waals surface area contributed by atoms with Crippen molar-refractivity contribution >= 4 is 5.91 Å². The summed E-state index contributed by atoms with van der Waals surface area (Å²) < 4.78 is 5.33. The van der Waals surface area contributed by atoms with Gasteiger partial charge >= 0.3 is 0 Å². The van der Waals surface area contributed by atoms with Gasteiger partial charge in [-0.15, -0.1) is 0 Å². The van der Waals surface area contributed by atoms with Gasteiger partial charge in [-0.2, -0.15) is 0 Å². The van der Waals surface area contributed by atoms with Gasteiger partial charge in [0.2, 0.25) is 5.91 Å². The standard InChI is InChI=1S/C15H21NO2/c1-3-11-7-8-14(18-2)13(9-11)10-16-15(17)12-5-4-6-12/h7-9,12H,3-6,10H2,1-2H3,(H,16,17). The molecule has 18 heavy (non-hydrogen) atoms. The fourth-order valence-corrected chi connectivity index (χ4v) is 2.19.